The van der Waals surface area contributed by atoms with Gasteiger partial charge in [0.15, 0.2) is 16.1 Å². The minimum Gasteiger partial charge on any atom is -0.446 e. The molecule has 0 spiro atoms. The Hall–Kier alpha value is -1.66. The second-order valence-corrected chi connectivity index (χ2v) is 4.36. The third kappa shape index (κ3) is 1.85. The molecular weight excluding hydrogens is 284 g/mol. The molecule has 0 aliphatic heterocycles. The molecule has 86 valence electrons. The van der Waals surface area contributed by atoms with Gasteiger partial charge in [-0.05, 0) is 39.7 Å². The molecule has 0 fully saturated rings. The highest BCUT2D eigenvalue weighted by atomic mass is 79.9. The molecule has 0 unspecified atom stereocenters. The molecule has 2 N–H and O–H groups in total. The molecule has 17 heavy (non-hydrogen) atoms. The van der Waals surface area contributed by atoms with Crippen LogP contribution in [0.4, 0.5) is 0 Å². The normalized spacial score (nSPS) is 11.2. The lowest BCUT2D eigenvalue weighted by Crippen LogP contribution is -1.98. The number of hydrogen-bond donors (Lipinski definition) is 1. The van der Waals surface area contributed by atoms with E-state index in [0.29, 0.717) is 22.8 Å². The Morgan fingerprint density at radius 3 is 2.88 bits per heavy atom. The molecule has 0 atom stereocenters. The van der Waals surface area contributed by atoms with E-state index in [1.54, 1.807) is 4.52 Å². The minimum absolute atomic E-state index is 0.484. The van der Waals surface area contributed by atoms with Crippen molar-refractivity contribution in [1.82, 2.24) is 14.6 Å². The largest absolute Gasteiger partial charge is 0.446 e. The molecular formula is C11H9BrN4O. The standard InChI is InChI=1S/C11H9BrN4O/c12-9-3-2-8(17-9)11-14-10-4-1-7(5-13)6-16(10)15-11/h1-4,6H,5,13H2. The van der Waals surface area contributed by atoms with E-state index in [1.807, 2.05) is 30.5 Å². The van der Waals surface area contributed by atoms with Gasteiger partial charge in [-0.3, -0.25) is 0 Å². The Bertz CT molecular complexity index is 673. The van der Waals surface area contributed by atoms with Crippen molar-refractivity contribution in [3.05, 3.63) is 40.7 Å². The molecule has 5 nitrogen and oxygen atoms in total. The number of nitrogens with two attached hydrogens (primary N) is 1. The van der Waals surface area contributed by atoms with Gasteiger partial charge in [-0.15, -0.1) is 5.10 Å². The molecule has 0 saturated carbocycles. The van der Waals surface area contributed by atoms with E-state index < -0.39 is 0 Å². The number of hydrogen-bond acceptors (Lipinski definition) is 4. The summed E-state index contributed by atoms with van der Waals surface area (Å²) in [6, 6.07) is 7.46. The molecule has 0 bridgehead atoms. The van der Waals surface area contributed by atoms with Crippen LogP contribution in [0.3, 0.4) is 0 Å². The van der Waals surface area contributed by atoms with Gasteiger partial charge in [0, 0.05) is 12.7 Å². The van der Waals surface area contributed by atoms with Crippen molar-refractivity contribution in [2.45, 2.75) is 6.54 Å². The van der Waals surface area contributed by atoms with Crippen molar-refractivity contribution in [2.24, 2.45) is 5.73 Å². The molecule has 0 amide bonds. The molecule has 0 aliphatic carbocycles. The van der Waals surface area contributed by atoms with E-state index in [1.165, 1.54) is 0 Å². The van der Waals surface area contributed by atoms with E-state index in [2.05, 4.69) is 26.0 Å². The van der Waals surface area contributed by atoms with E-state index in [9.17, 15) is 0 Å². The Kier molecular flexibility index (Phi) is 2.45. The lowest BCUT2D eigenvalue weighted by molar-refractivity contribution is 0.551. The van der Waals surface area contributed by atoms with Crippen molar-refractivity contribution < 1.29 is 4.42 Å². The summed E-state index contributed by atoms with van der Waals surface area (Å²) in [7, 11) is 0. The van der Waals surface area contributed by atoms with Crippen LogP contribution in [0.15, 0.2) is 39.5 Å². The number of furan rings is 1. The summed E-state index contributed by atoms with van der Waals surface area (Å²) in [6.45, 7) is 0.484. The molecule has 3 aromatic rings. The van der Waals surface area contributed by atoms with Crippen LogP contribution in [0, 0.1) is 0 Å². The van der Waals surface area contributed by atoms with Crippen molar-refractivity contribution in [1.29, 1.82) is 0 Å². The van der Waals surface area contributed by atoms with Crippen molar-refractivity contribution in [3.8, 4) is 11.6 Å². The molecule has 3 aromatic heterocycles. The zero-order valence-electron chi connectivity index (χ0n) is 8.80. The second kappa shape index (κ2) is 3.97. The zero-order valence-corrected chi connectivity index (χ0v) is 10.4. The number of rotatable bonds is 2. The summed E-state index contributed by atoms with van der Waals surface area (Å²) < 4.78 is 7.77. The number of fused-ring (bicyclic) bond motifs is 1. The van der Waals surface area contributed by atoms with E-state index in [0.717, 1.165) is 11.2 Å². The maximum Gasteiger partial charge on any atom is 0.217 e. The van der Waals surface area contributed by atoms with Gasteiger partial charge in [0.25, 0.3) is 0 Å². The van der Waals surface area contributed by atoms with Gasteiger partial charge in [-0.1, -0.05) is 6.07 Å². The topological polar surface area (TPSA) is 69.3 Å². The summed E-state index contributed by atoms with van der Waals surface area (Å²) in [6.07, 6.45) is 1.86. The van der Waals surface area contributed by atoms with E-state index in [-0.39, 0.29) is 0 Å². The van der Waals surface area contributed by atoms with Gasteiger partial charge in [-0.25, -0.2) is 9.50 Å². The fraction of sp³-hybridized carbons (Fsp3) is 0.0909. The molecule has 0 aliphatic rings. The van der Waals surface area contributed by atoms with Crippen LogP contribution < -0.4 is 5.73 Å². The van der Waals surface area contributed by atoms with Crippen molar-refractivity contribution >= 4 is 21.6 Å². The van der Waals surface area contributed by atoms with Gasteiger partial charge in [0.1, 0.15) is 0 Å². The predicted molar refractivity (Wildman–Crippen MR) is 66.3 cm³/mol. The van der Waals surface area contributed by atoms with Gasteiger partial charge >= 0.3 is 0 Å². The second-order valence-electron chi connectivity index (χ2n) is 3.58. The van der Waals surface area contributed by atoms with Gasteiger partial charge in [-0.2, -0.15) is 0 Å². The maximum absolute atomic E-state index is 5.58. The Balaban J connectivity index is 2.13. The first-order valence-electron chi connectivity index (χ1n) is 5.07. The highest BCUT2D eigenvalue weighted by molar-refractivity contribution is 9.10. The van der Waals surface area contributed by atoms with Crippen molar-refractivity contribution in [3.63, 3.8) is 0 Å². The number of nitrogens with zero attached hydrogens (tertiary/aromatic N) is 3. The number of halogens is 1. The Labute approximate surface area is 105 Å². The Morgan fingerprint density at radius 1 is 1.29 bits per heavy atom. The average molecular weight is 293 g/mol. The van der Waals surface area contributed by atoms with Crippen LogP contribution in [0.5, 0.6) is 0 Å². The van der Waals surface area contributed by atoms with E-state index in [4.69, 9.17) is 10.2 Å². The quantitative estimate of drug-likeness (QED) is 0.786. The first-order chi connectivity index (χ1) is 8.26. The smallest absolute Gasteiger partial charge is 0.217 e. The van der Waals surface area contributed by atoms with Crippen LogP contribution in [-0.4, -0.2) is 14.6 Å². The fourth-order valence-electron chi connectivity index (χ4n) is 1.59. The third-order valence-corrected chi connectivity index (χ3v) is 2.85. The maximum atomic E-state index is 5.58. The highest BCUT2D eigenvalue weighted by Gasteiger charge is 2.10. The summed E-state index contributed by atoms with van der Waals surface area (Å²) in [5, 5.41) is 4.34. The summed E-state index contributed by atoms with van der Waals surface area (Å²) in [5.74, 6) is 1.19. The molecule has 6 heteroatoms. The number of aromatic nitrogens is 3. The molecule has 3 rings (SSSR count). The van der Waals surface area contributed by atoms with Gasteiger partial charge in [0.05, 0.1) is 0 Å². The van der Waals surface area contributed by atoms with Crippen LogP contribution in [0.2, 0.25) is 0 Å². The summed E-state index contributed by atoms with van der Waals surface area (Å²) >= 11 is 3.25. The van der Waals surface area contributed by atoms with Crippen molar-refractivity contribution in [2.75, 3.05) is 0 Å². The fourth-order valence-corrected chi connectivity index (χ4v) is 1.89. The molecule has 3 heterocycles. The molecule has 0 aromatic carbocycles. The minimum atomic E-state index is 0.484. The van der Waals surface area contributed by atoms with Crippen LogP contribution in [0.25, 0.3) is 17.2 Å². The highest BCUT2D eigenvalue weighted by Crippen LogP contribution is 2.22. The SMILES string of the molecule is NCc1ccc2nc(-c3ccc(Br)o3)nn2c1. The number of pyridine rings is 1. The van der Waals surface area contributed by atoms with Gasteiger partial charge < -0.3 is 10.2 Å². The third-order valence-electron chi connectivity index (χ3n) is 2.42. The molecule has 0 saturated heterocycles. The summed E-state index contributed by atoms with van der Waals surface area (Å²) in [4.78, 5) is 4.37. The Morgan fingerprint density at radius 2 is 2.18 bits per heavy atom. The lowest BCUT2D eigenvalue weighted by Gasteiger charge is -1.95. The first kappa shape index (κ1) is 10.5. The predicted octanol–water partition coefficient (Wildman–Crippen LogP) is 2.21. The van der Waals surface area contributed by atoms with E-state index >= 15 is 0 Å². The lowest BCUT2D eigenvalue weighted by atomic mass is 10.3. The zero-order chi connectivity index (χ0) is 11.8. The van der Waals surface area contributed by atoms with Gasteiger partial charge in [0.2, 0.25) is 5.82 Å². The molecule has 0 radical (unpaired) electrons. The van der Waals surface area contributed by atoms with Crippen LogP contribution in [0.1, 0.15) is 5.56 Å². The van der Waals surface area contributed by atoms with Crippen LogP contribution in [-0.2, 0) is 6.54 Å². The monoisotopic (exact) mass is 292 g/mol. The average Bonchev–Trinajstić information content (AvgIpc) is 2.93. The van der Waals surface area contributed by atoms with Crippen LogP contribution >= 0.6 is 15.9 Å². The summed E-state index contributed by atoms with van der Waals surface area (Å²) in [5.41, 5.74) is 7.35. The first-order valence-corrected chi connectivity index (χ1v) is 5.86.